The van der Waals surface area contributed by atoms with Crippen LogP contribution in [-0.4, -0.2) is 19.5 Å². The summed E-state index contributed by atoms with van der Waals surface area (Å²) in [6.07, 6.45) is -4.02. The fraction of sp³-hybridized carbons (Fsp3) is 0.417. The van der Waals surface area contributed by atoms with Gasteiger partial charge in [0.2, 0.25) is 5.91 Å². The van der Waals surface area contributed by atoms with Crippen molar-refractivity contribution >= 4 is 5.91 Å². The maximum absolute atomic E-state index is 12.4. The van der Waals surface area contributed by atoms with Crippen molar-refractivity contribution in [1.29, 1.82) is 0 Å². The summed E-state index contributed by atoms with van der Waals surface area (Å²) in [5, 5.41) is 5.38. The Balaban J connectivity index is 2.46. The van der Waals surface area contributed by atoms with Gasteiger partial charge in [0.15, 0.2) is 0 Å². The van der Waals surface area contributed by atoms with Crippen LogP contribution in [0.4, 0.5) is 13.2 Å². The van der Waals surface area contributed by atoms with Gasteiger partial charge in [-0.15, -0.1) is 0 Å². The van der Waals surface area contributed by atoms with Crippen molar-refractivity contribution in [3.63, 3.8) is 0 Å². The molecule has 0 radical (unpaired) electrons. The largest absolute Gasteiger partial charge is 0.416 e. The van der Waals surface area contributed by atoms with Crippen molar-refractivity contribution in [3.8, 4) is 0 Å². The zero-order valence-corrected chi connectivity index (χ0v) is 9.97. The molecule has 0 saturated heterocycles. The zero-order valence-electron chi connectivity index (χ0n) is 9.97. The Labute approximate surface area is 103 Å². The molecule has 0 fully saturated rings. The predicted molar refractivity (Wildman–Crippen MR) is 61.8 cm³/mol. The molecule has 6 heteroatoms. The van der Waals surface area contributed by atoms with Gasteiger partial charge in [-0.05, 0) is 11.6 Å². The van der Waals surface area contributed by atoms with Crippen molar-refractivity contribution < 1.29 is 18.0 Å². The Hall–Kier alpha value is -1.56. The topological polar surface area (TPSA) is 41.1 Å². The van der Waals surface area contributed by atoms with E-state index < -0.39 is 11.7 Å². The Kier molecular flexibility index (Phi) is 5.15. The van der Waals surface area contributed by atoms with Crippen LogP contribution in [0, 0.1) is 0 Å². The van der Waals surface area contributed by atoms with Crippen LogP contribution < -0.4 is 10.6 Å². The SMILES string of the molecule is CNC(=O)CCNCc1cccc(C(F)(F)F)c1. The lowest BCUT2D eigenvalue weighted by atomic mass is 10.1. The summed E-state index contributed by atoms with van der Waals surface area (Å²) >= 11 is 0. The lowest BCUT2D eigenvalue weighted by Gasteiger charge is -2.09. The highest BCUT2D eigenvalue weighted by atomic mass is 19.4. The van der Waals surface area contributed by atoms with Gasteiger partial charge in [-0.3, -0.25) is 4.79 Å². The van der Waals surface area contributed by atoms with E-state index in [-0.39, 0.29) is 5.91 Å². The monoisotopic (exact) mass is 260 g/mol. The summed E-state index contributed by atoms with van der Waals surface area (Å²) in [4.78, 5) is 10.9. The van der Waals surface area contributed by atoms with Gasteiger partial charge in [-0.1, -0.05) is 18.2 Å². The Bertz CT molecular complexity index is 405. The molecule has 0 spiro atoms. The fourth-order valence-corrected chi connectivity index (χ4v) is 1.42. The van der Waals surface area contributed by atoms with Gasteiger partial charge in [0.05, 0.1) is 5.56 Å². The zero-order chi connectivity index (χ0) is 13.6. The number of nitrogens with one attached hydrogen (secondary N) is 2. The molecule has 1 amide bonds. The van der Waals surface area contributed by atoms with E-state index in [9.17, 15) is 18.0 Å². The number of carbonyl (C=O) groups is 1. The van der Waals surface area contributed by atoms with E-state index in [1.54, 1.807) is 6.07 Å². The summed E-state index contributed by atoms with van der Waals surface area (Å²) in [7, 11) is 1.54. The van der Waals surface area contributed by atoms with Gasteiger partial charge in [0, 0.05) is 26.6 Å². The van der Waals surface area contributed by atoms with E-state index in [0.717, 1.165) is 12.1 Å². The minimum atomic E-state index is -4.32. The first-order valence-corrected chi connectivity index (χ1v) is 5.51. The van der Waals surface area contributed by atoms with Crippen LogP contribution in [0.25, 0.3) is 0 Å². The van der Waals surface area contributed by atoms with Gasteiger partial charge in [0.25, 0.3) is 0 Å². The smallest absolute Gasteiger partial charge is 0.359 e. The highest BCUT2D eigenvalue weighted by molar-refractivity contribution is 5.75. The van der Waals surface area contributed by atoms with E-state index in [0.29, 0.717) is 25.1 Å². The molecule has 18 heavy (non-hydrogen) atoms. The lowest BCUT2D eigenvalue weighted by Crippen LogP contribution is -2.24. The molecule has 1 aromatic carbocycles. The third-order valence-electron chi connectivity index (χ3n) is 2.39. The minimum Gasteiger partial charge on any atom is -0.359 e. The average molecular weight is 260 g/mol. The van der Waals surface area contributed by atoms with Gasteiger partial charge < -0.3 is 10.6 Å². The van der Waals surface area contributed by atoms with E-state index in [1.165, 1.54) is 13.1 Å². The van der Waals surface area contributed by atoms with Crippen molar-refractivity contribution in [2.75, 3.05) is 13.6 Å². The second-order valence-corrected chi connectivity index (χ2v) is 3.80. The summed E-state index contributed by atoms with van der Waals surface area (Å²) in [6, 6.07) is 5.13. The molecule has 100 valence electrons. The Morgan fingerprint density at radius 1 is 1.33 bits per heavy atom. The molecule has 0 bridgehead atoms. The lowest BCUT2D eigenvalue weighted by molar-refractivity contribution is -0.137. The summed E-state index contributed by atoms with van der Waals surface area (Å²) in [5.41, 5.74) is -0.116. The molecule has 0 atom stereocenters. The third kappa shape index (κ3) is 4.75. The van der Waals surface area contributed by atoms with Crippen LogP contribution >= 0.6 is 0 Å². The normalized spacial score (nSPS) is 11.3. The highest BCUT2D eigenvalue weighted by Crippen LogP contribution is 2.29. The minimum absolute atomic E-state index is 0.105. The predicted octanol–water partition coefficient (Wildman–Crippen LogP) is 1.93. The Morgan fingerprint density at radius 2 is 2.06 bits per heavy atom. The van der Waals surface area contributed by atoms with E-state index in [4.69, 9.17) is 0 Å². The molecular formula is C12H15F3N2O. The molecule has 0 unspecified atom stereocenters. The second-order valence-electron chi connectivity index (χ2n) is 3.80. The maximum atomic E-state index is 12.4. The molecule has 0 aliphatic carbocycles. The van der Waals surface area contributed by atoms with Crippen LogP contribution in [-0.2, 0) is 17.5 Å². The van der Waals surface area contributed by atoms with E-state index >= 15 is 0 Å². The molecule has 1 aromatic rings. The number of carbonyl (C=O) groups excluding carboxylic acids is 1. The molecule has 0 aliphatic heterocycles. The number of hydrogen-bond acceptors (Lipinski definition) is 2. The number of amides is 1. The van der Waals surface area contributed by atoms with Gasteiger partial charge in [0.1, 0.15) is 0 Å². The first kappa shape index (κ1) is 14.5. The second kappa shape index (κ2) is 6.39. The molecular weight excluding hydrogens is 245 g/mol. The molecule has 0 aliphatic rings. The standard InChI is InChI=1S/C12H15F3N2O/c1-16-11(18)5-6-17-8-9-3-2-4-10(7-9)12(13,14)15/h2-4,7,17H,5-6,8H2,1H3,(H,16,18). The highest BCUT2D eigenvalue weighted by Gasteiger charge is 2.30. The van der Waals surface area contributed by atoms with Gasteiger partial charge in [-0.25, -0.2) is 0 Å². The number of rotatable bonds is 5. The van der Waals surface area contributed by atoms with E-state index in [2.05, 4.69) is 10.6 Å². The average Bonchev–Trinajstić information content (AvgIpc) is 2.33. The van der Waals surface area contributed by atoms with Crippen LogP contribution in [0.2, 0.25) is 0 Å². The third-order valence-corrected chi connectivity index (χ3v) is 2.39. The number of hydrogen-bond donors (Lipinski definition) is 2. The molecule has 0 aromatic heterocycles. The van der Waals surface area contributed by atoms with Crippen LogP contribution in [0.5, 0.6) is 0 Å². The number of alkyl halides is 3. The molecule has 0 heterocycles. The first-order chi connectivity index (χ1) is 8.43. The molecule has 3 nitrogen and oxygen atoms in total. The van der Waals surface area contributed by atoms with Crippen molar-refractivity contribution in [2.24, 2.45) is 0 Å². The van der Waals surface area contributed by atoms with Gasteiger partial charge in [-0.2, -0.15) is 13.2 Å². The molecule has 2 N–H and O–H groups in total. The van der Waals surface area contributed by atoms with Crippen molar-refractivity contribution in [1.82, 2.24) is 10.6 Å². The van der Waals surface area contributed by atoms with Crippen LogP contribution in [0.3, 0.4) is 0 Å². The summed E-state index contributed by atoms with van der Waals surface area (Å²) in [6.45, 7) is 0.733. The Morgan fingerprint density at radius 3 is 2.67 bits per heavy atom. The molecule has 0 saturated carbocycles. The molecule has 1 rings (SSSR count). The quantitative estimate of drug-likeness (QED) is 0.794. The number of halogens is 3. The van der Waals surface area contributed by atoms with Crippen LogP contribution in [0.15, 0.2) is 24.3 Å². The maximum Gasteiger partial charge on any atom is 0.416 e. The van der Waals surface area contributed by atoms with Crippen LogP contribution in [0.1, 0.15) is 17.5 Å². The number of benzene rings is 1. The first-order valence-electron chi connectivity index (χ1n) is 5.51. The van der Waals surface area contributed by atoms with Crippen molar-refractivity contribution in [3.05, 3.63) is 35.4 Å². The van der Waals surface area contributed by atoms with Gasteiger partial charge >= 0.3 is 6.18 Å². The van der Waals surface area contributed by atoms with Crippen molar-refractivity contribution in [2.45, 2.75) is 19.1 Å². The summed E-state index contributed by atoms with van der Waals surface area (Å²) < 4.78 is 37.3. The van der Waals surface area contributed by atoms with E-state index in [1.807, 2.05) is 0 Å². The summed E-state index contributed by atoms with van der Waals surface area (Å²) in [5.74, 6) is -0.105. The fourth-order valence-electron chi connectivity index (χ4n) is 1.42.